The largest absolute Gasteiger partial charge is 0.207 e. The predicted octanol–water partition coefficient (Wildman–Crippen LogP) is 5.53. The molecule has 0 aliphatic carbocycles. The van der Waals surface area contributed by atoms with Crippen molar-refractivity contribution in [3.05, 3.63) is 71.3 Å². The highest BCUT2D eigenvalue weighted by atomic mass is 19.1. The number of rotatable bonds is 5. The summed E-state index contributed by atoms with van der Waals surface area (Å²) in [5.41, 5.74) is 2.16. The molecule has 0 spiro atoms. The Labute approximate surface area is 119 Å². The van der Waals surface area contributed by atoms with Gasteiger partial charge in [0.1, 0.15) is 11.6 Å². The maximum absolute atomic E-state index is 13.1. The zero-order valence-corrected chi connectivity index (χ0v) is 11.9. The highest BCUT2D eigenvalue weighted by Crippen LogP contribution is 2.32. The molecule has 0 nitrogen and oxygen atoms in total. The highest BCUT2D eigenvalue weighted by Gasteiger charge is 2.17. The fourth-order valence-corrected chi connectivity index (χ4v) is 2.42. The Morgan fingerprint density at radius 3 is 1.55 bits per heavy atom. The molecule has 0 saturated heterocycles. The summed E-state index contributed by atoms with van der Waals surface area (Å²) in [7, 11) is 0. The molecule has 0 fully saturated rings. The standard InChI is InChI=1S/C18H20F2/c1-3-13(2)12-18(14-4-8-16(19)9-5-14)15-6-10-17(20)11-7-15/h4-11,13,18H,3,12H2,1-2H3. The Bertz CT molecular complexity index is 483. The normalized spacial score (nSPS) is 12.7. The van der Waals surface area contributed by atoms with Crippen LogP contribution >= 0.6 is 0 Å². The van der Waals surface area contributed by atoms with E-state index in [4.69, 9.17) is 0 Å². The molecule has 1 atom stereocenters. The molecule has 106 valence electrons. The SMILES string of the molecule is CCC(C)CC(c1ccc(F)cc1)c1ccc(F)cc1. The Balaban J connectivity index is 2.33. The Morgan fingerprint density at radius 1 is 0.800 bits per heavy atom. The second kappa shape index (κ2) is 6.65. The molecule has 20 heavy (non-hydrogen) atoms. The molecule has 0 heterocycles. The molecule has 2 aromatic carbocycles. The quantitative estimate of drug-likeness (QED) is 0.672. The van der Waals surface area contributed by atoms with Gasteiger partial charge in [0.2, 0.25) is 0 Å². The first-order chi connectivity index (χ1) is 9.60. The van der Waals surface area contributed by atoms with Gasteiger partial charge in [0.15, 0.2) is 0 Å². The second-order valence-electron chi connectivity index (χ2n) is 5.40. The Morgan fingerprint density at radius 2 is 1.20 bits per heavy atom. The van der Waals surface area contributed by atoms with Crippen molar-refractivity contribution in [3.63, 3.8) is 0 Å². The van der Waals surface area contributed by atoms with Gasteiger partial charge in [-0.3, -0.25) is 0 Å². The molecule has 2 heteroatoms. The van der Waals surface area contributed by atoms with Crippen LogP contribution in [0.3, 0.4) is 0 Å². The topological polar surface area (TPSA) is 0 Å². The van der Waals surface area contributed by atoms with Gasteiger partial charge < -0.3 is 0 Å². The first-order valence-electron chi connectivity index (χ1n) is 7.11. The summed E-state index contributed by atoms with van der Waals surface area (Å²) in [6, 6.07) is 13.3. The summed E-state index contributed by atoms with van der Waals surface area (Å²) >= 11 is 0. The van der Waals surface area contributed by atoms with Crippen LogP contribution in [-0.4, -0.2) is 0 Å². The molecule has 0 aliphatic heterocycles. The second-order valence-corrected chi connectivity index (χ2v) is 5.40. The van der Waals surface area contributed by atoms with Crippen molar-refractivity contribution in [2.45, 2.75) is 32.6 Å². The molecule has 0 aromatic heterocycles. The van der Waals surface area contributed by atoms with Crippen LogP contribution in [0.4, 0.5) is 8.78 Å². The molecule has 0 saturated carbocycles. The first kappa shape index (κ1) is 14.7. The van der Waals surface area contributed by atoms with Gasteiger partial charge >= 0.3 is 0 Å². The van der Waals surface area contributed by atoms with Crippen molar-refractivity contribution in [1.82, 2.24) is 0 Å². The minimum Gasteiger partial charge on any atom is -0.207 e. The summed E-state index contributed by atoms with van der Waals surface area (Å²) in [5, 5.41) is 0. The fourth-order valence-electron chi connectivity index (χ4n) is 2.42. The zero-order valence-electron chi connectivity index (χ0n) is 11.9. The lowest BCUT2D eigenvalue weighted by Gasteiger charge is -2.21. The molecule has 2 rings (SSSR count). The monoisotopic (exact) mass is 274 g/mol. The third-order valence-electron chi connectivity index (χ3n) is 3.88. The van der Waals surface area contributed by atoms with Crippen LogP contribution in [0.15, 0.2) is 48.5 Å². The van der Waals surface area contributed by atoms with Gasteiger partial charge in [-0.05, 0) is 47.7 Å². The number of benzene rings is 2. The third-order valence-corrected chi connectivity index (χ3v) is 3.88. The van der Waals surface area contributed by atoms with E-state index in [9.17, 15) is 8.78 Å². The van der Waals surface area contributed by atoms with E-state index in [1.807, 2.05) is 24.3 Å². The van der Waals surface area contributed by atoms with E-state index in [2.05, 4.69) is 13.8 Å². The fraction of sp³-hybridized carbons (Fsp3) is 0.333. The molecular formula is C18H20F2. The minimum atomic E-state index is -0.227. The molecule has 0 radical (unpaired) electrons. The van der Waals surface area contributed by atoms with Crippen molar-refractivity contribution in [2.75, 3.05) is 0 Å². The van der Waals surface area contributed by atoms with E-state index in [0.29, 0.717) is 5.92 Å². The van der Waals surface area contributed by atoms with E-state index in [0.717, 1.165) is 24.0 Å². The Kier molecular flexibility index (Phi) is 4.89. The maximum Gasteiger partial charge on any atom is 0.123 e. The van der Waals surface area contributed by atoms with Crippen LogP contribution in [0.1, 0.15) is 43.7 Å². The average Bonchev–Trinajstić information content (AvgIpc) is 2.46. The summed E-state index contributed by atoms with van der Waals surface area (Å²) in [5.74, 6) is 0.298. The molecule has 0 aliphatic rings. The van der Waals surface area contributed by atoms with Crippen molar-refractivity contribution >= 4 is 0 Å². The van der Waals surface area contributed by atoms with Gasteiger partial charge in [-0.2, -0.15) is 0 Å². The van der Waals surface area contributed by atoms with Gasteiger partial charge in [0, 0.05) is 5.92 Å². The smallest absolute Gasteiger partial charge is 0.123 e. The third kappa shape index (κ3) is 3.66. The summed E-state index contributed by atoms with van der Waals surface area (Å²) < 4.78 is 26.2. The minimum absolute atomic E-state index is 0.186. The molecule has 0 N–H and O–H groups in total. The first-order valence-corrected chi connectivity index (χ1v) is 7.11. The van der Waals surface area contributed by atoms with E-state index in [1.54, 1.807) is 0 Å². The van der Waals surface area contributed by atoms with Crippen LogP contribution < -0.4 is 0 Å². The lowest BCUT2D eigenvalue weighted by atomic mass is 9.83. The number of hydrogen-bond acceptors (Lipinski definition) is 0. The highest BCUT2D eigenvalue weighted by molar-refractivity contribution is 5.32. The van der Waals surface area contributed by atoms with Gasteiger partial charge in [0.05, 0.1) is 0 Å². The summed E-state index contributed by atoms with van der Waals surface area (Å²) in [6.45, 7) is 4.37. The van der Waals surface area contributed by atoms with E-state index in [1.165, 1.54) is 24.3 Å². The van der Waals surface area contributed by atoms with Crippen LogP contribution in [0.5, 0.6) is 0 Å². The van der Waals surface area contributed by atoms with Crippen LogP contribution in [-0.2, 0) is 0 Å². The van der Waals surface area contributed by atoms with Gasteiger partial charge in [-0.15, -0.1) is 0 Å². The van der Waals surface area contributed by atoms with E-state index in [-0.39, 0.29) is 17.6 Å². The predicted molar refractivity (Wildman–Crippen MR) is 78.7 cm³/mol. The molecule has 0 amide bonds. The van der Waals surface area contributed by atoms with Crippen LogP contribution in [0.25, 0.3) is 0 Å². The lowest BCUT2D eigenvalue weighted by molar-refractivity contribution is 0.483. The van der Waals surface area contributed by atoms with Gasteiger partial charge in [0.25, 0.3) is 0 Å². The molecule has 2 aromatic rings. The molecular weight excluding hydrogens is 254 g/mol. The summed E-state index contributed by atoms with van der Waals surface area (Å²) in [4.78, 5) is 0. The molecule has 1 unspecified atom stereocenters. The zero-order chi connectivity index (χ0) is 14.5. The van der Waals surface area contributed by atoms with E-state index >= 15 is 0 Å². The maximum atomic E-state index is 13.1. The molecule has 0 bridgehead atoms. The van der Waals surface area contributed by atoms with Crippen molar-refractivity contribution in [1.29, 1.82) is 0 Å². The number of hydrogen-bond donors (Lipinski definition) is 0. The summed E-state index contributed by atoms with van der Waals surface area (Å²) in [6.07, 6.45) is 2.08. The van der Waals surface area contributed by atoms with E-state index < -0.39 is 0 Å². The number of halogens is 2. The Hall–Kier alpha value is -1.70. The van der Waals surface area contributed by atoms with Crippen molar-refractivity contribution in [2.24, 2.45) is 5.92 Å². The van der Waals surface area contributed by atoms with Crippen LogP contribution in [0.2, 0.25) is 0 Å². The van der Waals surface area contributed by atoms with Crippen LogP contribution in [0, 0.1) is 17.6 Å². The van der Waals surface area contributed by atoms with Crippen molar-refractivity contribution in [3.8, 4) is 0 Å². The van der Waals surface area contributed by atoms with Gasteiger partial charge in [-0.25, -0.2) is 8.78 Å². The average molecular weight is 274 g/mol. The van der Waals surface area contributed by atoms with Gasteiger partial charge in [-0.1, -0.05) is 44.5 Å². The van der Waals surface area contributed by atoms with Crippen molar-refractivity contribution < 1.29 is 8.78 Å². The lowest BCUT2D eigenvalue weighted by Crippen LogP contribution is -2.06.